The molecule has 1 aromatic heterocycles. The Labute approximate surface area is 130 Å². The minimum Gasteiger partial charge on any atom is -0.267 e. The minimum atomic E-state index is -0.210. The maximum atomic E-state index is 12.0. The fourth-order valence-electron chi connectivity index (χ4n) is 1.65. The molecule has 0 atom stereocenters. The molecule has 1 heterocycles. The summed E-state index contributed by atoms with van der Waals surface area (Å²) in [6, 6.07) is 11.3. The molecule has 104 valence electrons. The lowest BCUT2D eigenvalue weighted by molar-refractivity contribution is 0.0955. The van der Waals surface area contributed by atoms with E-state index in [0.717, 1.165) is 21.5 Å². The van der Waals surface area contributed by atoms with Crippen LogP contribution in [0.25, 0.3) is 0 Å². The SMILES string of the molecule is CCc1ccc(/C(C)=N/NC(=O)c2cccc(Br)c2)s1. The van der Waals surface area contributed by atoms with Gasteiger partial charge in [-0.1, -0.05) is 28.9 Å². The molecule has 0 fully saturated rings. The number of benzene rings is 1. The van der Waals surface area contributed by atoms with E-state index in [4.69, 9.17) is 0 Å². The third-order valence-corrected chi connectivity index (χ3v) is 4.61. The molecule has 0 unspecified atom stereocenters. The van der Waals surface area contributed by atoms with Crippen LogP contribution in [0, 0.1) is 0 Å². The van der Waals surface area contributed by atoms with Crippen molar-refractivity contribution in [1.82, 2.24) is 5.43 Å². The van der Waals surface area contributed by atoms with E-state index in [1.807, 2.05) is 25.1 Å². The van der Waals surface area contributed by atoms with Crippen molar-refractivity contribution >= 4 is 38.9 Å². The Kier molecular flexibility index (Phi) is 5.09. The first-order valence-corrected chi connectivity index (χ1v) is 7.90. The van der Waals surface area contributed by atoms with Gasteiger partial charge in [-0.05, 0) is 43.7 Å². The van der Waals surface area contributed by atoms with Crippen molar-refractivity contribution in [1.29, 1.82) is 0 Å². The Balaban J connectivity index is 2.06. The molecule has 0 aliphatic rings. The van der Waals surface area contributed by atoms with Crippen LogP contribution in [0.15, 0.2) is 46.0 Å². The molecule has 0 saturated heterocycles. The second-order valence-electron chi connectivity index (χ2n) is 4.27. The van der Waals surface area contributed by atoms with Gasteiger partial charge in [0.25, 0.3) is 5.91 Å². The third-order valence-electron chi connectivity index (χ3n) is 2.78. The molecule has 2 aromatic rings. The number of hydrazone groups is 1. The molecule has 0 spiro atoms. The Bertz CT molecular complexity index is 649. The molecule has 0 aliphatic carbocycles. The van der Waals surface area contributed by atoms with Crippen molar-refractivity contribution in [3.05, 3.63) is 56.2 Å². The van der Waals surface area contributed by atoms with Crippen molar-refractivity contribution < 1.29 is 4.79 Å². The zero-order chi connectivity index (χ0) is 14.5. The van der Waals surface area contributed by atoms with Crippen molar-refractivity contribution in [2.24, 2.45) is 5.10 Å². The molecule has 0 bridgehead atoms. The van der Waals surface area contributed by atoms with Crippen LogP contribution in [0.1, 0.15) is 34.0 Å². The summed E-state index contributed by atoms with van der Waals surface area (Å²) >= 11 is 5.05. The van der Waals surface area contributed by atoms with Crippen LogP contribution >= 0.6 is 27.3 Å². The first kappa shape index (κ1) is 14.9. The highest BCUT2D eigenvalue weighted by atomic mass is 79.9. The van der Waals surface area contributed by atoms with Crippen LogP contribution in [0.2, 0.25) is 0 Å². The molecule has 0 aliphatic heterocycles. The third kappa shape index (κ3) is 3.77. The molecule has 1 aromatic carbocycles. The van der Waals surface area contributed by atoms with E-state index in [1.54, 1.807) is 23.5 Å². The predicted molar refractivity (Wildman–Crippen MR) is 87.5 cm³/mol. The van der Waals surface area contributed by atoms with Crippen molar-refractivity contribution in [2.45, 2.75) is 20.3 Å². The normalized spacial score (nSPS) is 11.4. The minimum absolute atomic E-state index is 0.210. The Morgan fingerprint density at radius 1 is 1.35 bits per heavy atom. The number of nitrogens with zero attached hydrogens (tertiary/aromatic N) is 1. The lowest BCUT2D eigenvalue weighted by Gasteiger charge is -2.02. The largest absolute Gasteiger partial charge is 0.271 e. The Morgan fingerprint density at radius 2 is 2.15 bits per heavy atom. The first-order chi connectivity index (χ1) is 9.60. The number of hydrogen-bond acceptors (Lipinski definition) is 3. The van der Waals surface area contributed by atoms with E-state index in [2.05, 4.69) is 39.4 Å². The highest BCUT2D eigenvalue weighted by Gasteiger charge is 2.06. The van der Waals surface area contributed by atoms with Crippen LogP contribution in [0.4, 0.5) is 0 Å². The number of nitrogens with one attached hydrogen (secondary N) is 1. The summed E-state index contributed by atoms with van der Waals surface area (Å²) in [6.07, 6.45) is 1.02. The molecule has 0 saturated carbocycles. The highest BCUT2D eigenvalue weighted by Crippen LogP contribution is 2.17. The van der Waals surface area contributed by atoms with E-state index >= 15 is 0 Å². The molecule has 20 heavy (non-hydrogen) atoms. The average molecular weight is 351 g/mol. The summed E-state index contributed by atoms with van der Waals surface area (Å²) < 4.78 is 0.872. The first-order valence-electron chi connectivity index (χ1n) is 6.29. The number of carbonyl (C=O) groups excluding carboxylic acids is 1. The highest BCUT2D eigenvalue weighted by molar-refractivity contribution is 9.10. The van der Waals surface area contributed by atoms with E-state index < -0.39 is 0 Å². The maximum Gasteiger partial charge on any atom is 0.271 e. The number of hydrogen-bond donors (Lipinski definition) is 1. The second kappa shape index (κ2) is 6.81. The Hall–Kier alpha value is -1.46. The molecule has 1 N–H and O–H groups in total. The summed E-state index contributed by atoms with van der Waals surface area (Å²) in [5.74, 6) is -0.210. The molecule has 0 radical (unpaired) electrons. The molecule has 5 heteroatoms. The predicted octanol–water partition coefficient (Wildman–Crippen LogP) is 4.23. The van der Waals surface area contributed by atoms with Crippen LogP contribution in [0.5, 0.6) is 0 Å². The van der Waals surface area contributed by atoms with Gasteiger partial charge in [0.1, 0.15) is 0 Å². The maximum absolute atomic E-state index is 12.0. The van der Waals surface area contributed by atoms with Crippen LogP contribution in [-0.2, 0) is 6.42 Å². The van der Waals surface area contributed by atoms with Crippen molar-refractivity contribution in [3.63, 3.8) is 0 Å². The lowest BCUT2D eigenvalue weighted by atomic mass is 10.2. The van der Waals surface area contributed by atoms with Gasteiger partial charge in [-0.3, -0.25) is 4.79 Å². The number of halogens is 1. The number of thiophene rings is 1. The standard InChI is InChI=1S/C15H15BrN2OS/c1-3-13-7-8-14(20-13)10(2)17-18-15(19)11-5-4-6-12(16)9-11/h4-9H,3H2,1-2H3,(H,18,19)/b17-10+. The molecule has 1 amide bonds. The van der Waals surface area contributed by atoms with Crippen LogP contribution in [-0.4, -0.2) is 11.6 Å². The average Bonchev–Trinajstić information content (AvgIpc) is 2.93. The molecular weight excluding hydrogens is 336 g/mol. The molecular formula is C15H15BrN2OS. The molecule has 2 rings (SSSR count). The van der Waals surface area contributed by atoms with Crippen LogP contribution < -0.4 is 5.43 Å². The van der Waals surface area contributed by atoms with Gasteiger partial charge in [-0.2, -0.15) is 5.10 Å². The van der Waals surface area contributed by atoms with Gasteiger partial charge >= 0.3 is 0 Å². The number of carbonyl (C=O) groups is 1. The summed E-state index contributed by atoms with van der Waals surface area (Å²) in [5.41, 5.74) is 3.98. The summed E-state index contributed by atoms with van der Waals surface area (Å²) in [6.45, 7) is 4.02. The van der Waals surface area contributed by atoms with Crippen LogP contribution in [0.3, 0.4) is 0 Å². The smallest absolute Gasteiger partial charge is 0.267 e. The molecule has 3 nitrogen and oxygen atoms in total. The quantitative estimate of drug-likeness (QED) is 0.650. The number of rotatable bonds is 4. The number of amides is 1. The van der Waals surface area contributed by atoms with Crippen molar-refractivity contribution in [2.75, 3.05) is 0 Å². The van der Waals surface area contributed by atoms with E-state index in [-0.39, 0.29) is 5.91 Å². The monoisotopic (exact) mass is 350 g/mol. The van der Waals surface area contributed by atoms with E-state index in [1.165, 1.54) is 4.88 Å². The van der Waals surface area contributed by atoms with Gasteiger partial charge in [0.15, 0.2) is 0 Å². The zero-order valence-electron chi connectivity index (χ0n) is 11.3. The van der Waals surface area contributed by atoms with Crippen molar-refractivity contribution in [3.8, 4) is 0 Å². The van der Waals surface area contributed by atoms with Gasteiger partial charge < -0.3 is 0 Å². The summed E-state index contributed by atoms with van der Waals surface area (Å²) in [5, 5.41) is 4.16. The van der Waals surface area contributed by atoms with E-state index in [0.29, 0.717) is 5.56 Å². The van der Waals surface area contributed by atoms with Gasteiger partial charge in [0.05, 0.1) is 10.6 Å². The fraction of sp³-hybridized carbons (Fsp3) is 0.200. The number of aryl methyl sites for hydroxylation is 1. The van der Waals surface area contributed by atoms with Gasteiger partial charge in [-0.15, -0.1) is 11.3 Å². The summed E-state index contributed by atoms with van der Waals surface area (Å²) in [4.78, 5) is 14.4. The van der Waals surface area contributed by atoms with E-state index in [9.17, 15) is 4.79 Å². The fourth-order valence-corrected chi connectivity index (χ4v) is 2.94. The second-order valence-corrected chi connectivity index (χ2v) is 6.35. The van der Waals surface area contributed by atoms with Gasteiger partial charge in [0.2, 0.25) is 0 Å². The lowest BCUT2D eigenvalue weighted by Crippen LogP contribution is -2.19. The van der Waals surface area contributed by atoms with Gasteiger partial charge in [-0.25, -0.2) is 5.43 Å². The Morgan fingerprint density at radius 3 is 2.80 bits per heavy atom. The topological polar surface area (TPSA) is 41.5 Å². The summed E-state index contributed by atoms with van der Waals surface area (Å²) in [7, 11) is 0. The van der Waals surface area contributed by atoms with Gasteiger partial charge in [0, 0.05) is 14.9 Å². The zero-order valence-corrected chi connectivity index (χ0v) is 13.7.